The van der Waals surface area contributed by atoms with Gasteiger partial charge in [-0.1, -0.05) is 39.0 Å². The van der Waals surface area contributed by atoms with Gasteiger partial charge in [-0.15, -0.1) is 0 Å². The van der Waals surface area contributed by atoms with E-state index in [1.54, 1.807) is 11.8 Å². The monoisotopic (exact) mass is 368 g/mol. The standard InChI is InChI=1S/C18H32N2O2SSi/c1-18(2,3)24(4,5)22-9-8-15-16(21)20-17(23-15)19-14-11-12-6-7-13(14)10-12/h12-15H,6-11H2,1-5H3,(H,19,20,21)/t12?,13?,14-,15?/m0/s1. The van der Waals surface area contributed by atoms with Crippen LogP contribution in [0.5, 0.6) is 0 Å². The highest BCUT2D eigenvalue weighted by molar-refractivity contribution is 8.15. The van der Waals surface area contributed by atoms with Crippen molar-refractivity contribution in [2.24, 2.45) is 16.8 Å². The van der Waals surface area contributed by atoms with E-state index >= 15 is 0 Å². The summed E-state index contributed by atoms with van der Waals surface area (Å²) in [6.45, 7) is 11.9. The number of hydrogen-bond acceptors (Lipinski definition) is 4. The molecule has 1 aliphatic heterocycles. The molecule has 2 bridgehead atoms. The average Bonchev–Trinajstić information content (AvgIpc) is 3.14. The van der Waals surface area contributed by atoms with Crippen LogP contribution in [0.2, 0.25) is 18.1 Å². The lowest BCUT2D eigenvalue weighted by Gasteiger charge is -2.36. The van der Waals surface area contributed by atoms with E-state index in [1.807, 2.05) is 0 Å². The van der Waals surface area contributed by atoms with Gasteiger partial charge in [-0.3, -0.25) is 4.79 Å². The molecule has 1 heterocycles. The highest BCUT2D eigenvalue weighted by Crippen LogP contribution is 2.45. The van der Waals surface area contributed by atoms with Gasteiger partial charge in [0.2, 0.25) is 0 Å². The zero-order valence-corrected chi connectivity index (χ0v) is 17.5. The molecule has 0 aromatic heterocycles. The first-order valence-electron chi connectivity index (χ1n) is 9.35. The van der Waals surface area contributed by atoms with Crippen molar-refractivity contribution in [1.29, 1.82) is 0 Å². The number of nitrogens with one attached hydrogen (secondary N) is 1. The van der Waals surface area contributed by atoms with Gasteiger partial charge in [-0.2, -0.15) is 4.99 Å². The van der Waals surface area contributed by atoms with Crippen molar-refractivity contribution in [2.75, 3.05) is 6.61 Å². The zero-order chi connectivity index (χ0) is 17.5. The molecule has 4 atom stereocenters. The summed E-state index contributed by atoms with van der Waals surface area (Å²) < 4.78 is 6.22. The van der Waals surface area contributed by atoms with Gasteiger partial charge in [-0.25, -0.2) is 0 Å². The molecule has 3 rings (SSSR count). The van der Waals surface area contributed by atoms with Gasteiger partial charge < -0.3 is 9.74 Å². The summed E-state index contributed by atoms with van der Waals surface area (Å²) in [5, 5.41) is 4.57. The Labute approximate surface area is 151 Å². The summed E-state index contributed by atoms with van der Waals surface area (Å²) in [6.07, 6.45) is 6.14. The molecule has 2 aliphatic carbocycles. The molecule has 6 heteroatoms. The number of hydrogen-bond donors (Lipinski definition) is 1. The number of amides is 1. The Balaban J connectivity index is 1.44. The van der Waals surface area contributed by atoms with E-state index in [2.05, 4.69) is 44.2 Å². The van der Waals surface area contributed by atoms with Gasteiger partial charge >= 0.3 is 0 Å². The summed E-state index contributed by atoms with van der Waals surface area (Å²) in [5.41, 5.74) is 0. The Bertz CT molecular complexity index is 530. The second kappa shape index (κ2) is 6.76. The molecule has 136 valence electrons. The zero-order valence-electron chi connectivity index (χ0n) is 15.7. The molecular weight excluding hydrogens is 336 g/mol. The van der Waals surface area contributed by atoms with Crippen molar-refractivity contribution < 1.29 is 9.22 Å². The van der Waals surface area contributed by atoms with Crippen molar-refractivity contribution >= 4 is 31.2 Å². The molecule has 2 saturated carbocycles. The SMILES string of the molecule is CC(C)(C)[Si](C)(C)OCCC1SC(N[C@H]2CC3CCC2C3)=NC1=O. The third-order valence-corrected chi connectivity index (χ3v) is 12.1. The maximum absolute atomic E-state index is 12.2. The largest absolute Gasteiger partial charge is 0.417 e. The van der Waals surface area contributed by atoms with Gasteiger partial charge in [0.05, 0.1) is 5.25 Å². The Kier molecular flexibility index (Phi) is 5.20. The van der Waals surface area contributed by atoms with E-state index in [0.29, 0.717) is 12.6 Å². The number of aliphatic imine (C=N–C) groups is 1. The predicted molar refractivity (Wildman–Crippen MR) is 104 cm³/mol. The Morgan fingerprint density at radius 3 is 2.62 bits per heavy atom. The lowest BCUT2D eigenvalue weighted by molar-refractivity contribution is -0.117. The fraction of sp³-hybridized carbons (Fsp3) is 0.889. The molecule has 0 radical (unpaired) electrons. The van der Waals surface area contributed by atoms with Crippen LogP contribution in [-0.4, -0.2) is 37.3 Å². The van der Waals surface area contributed by atoms with Crippen molar-refractivity contribution in [3.8, 4) is 0 Å². The van der Waals surface area contributed by atoms with Gasteiger partial charge in [0, 0.05) is 12.6 Å². The first kappa shape index (κ1) is 18.5. The summed E-state index contributed by atoms with van der Waals surface area (Å²) >= 11 is 1.62. The highest BCUT2D eigenvalue weighted by atomic mass is 32.2. The molecular formula is C18H32N2O2SSi. The number of carbonyl (C=O) groups excluding carboxylic acids is 1. The number of fused-ring (bicyclic) bond motifs is 2. The smallest absolute Gasteiger partial charge is 0.261 e. The maximum Gasteiger partial charge on any atom is 0.261 e. The highest BCUT2D eigenvalue weighted by Gasteiger charge is 2.41. The van der Waals surface area contributed by atoms with E-state index < -0.39 is 8.32 Å². The molecule has 2 fully saturated rings. The quantitative estimate of drug-likeness (QED) is 0.740. The number of thioether (sulfide) groups is 1. The van der Waals surface area contributed by atoms with Gasteiger partial charge in [0.25, 0.3) is 5.91 Å². The lowest BCUT2D eigenvalue weighted by Crippen LogP contribution is -2.41. The lowest BCUT2D eigenvalue weighted by atomic mass is 9.96. The van der Waals surface area contributed by atoms with Crippen LogP contribution >= 0.6 is 11.8 Å². The normalized spacial score (nSPS) is 33.2. The molecule has 0 aromatic rings. The molecule has 1 amide bonds. The van der Waals surface area contributed by atoms with Crippen LogP contribution < -0.4 is 5.32 Å². The Morgan fingerprint density at radius 1 is 1.29 bits per heavy atom. The fourth-order valence-corrected chi connectivity index (χ4v) is 5.91. The summed E-state index contributed by atoms with van der Waals surface area (Å²) in [5.74, 6) is 1.72. The van der Waals surface area contributed by atoms with E-state index in [9.17, 15) is 4.79 Å². The number of carbonyl (C=O) groups is 1. The third-order valence-electron chi connectivity index (χ3n) is 6.44. The molecule has 1 N–H and O–H groups in total. The molecule has 0 spiro atoms. The minimum absolute atomic E-state index is 0.0180. The van der Waals surface area contributed by atoms with Crippen LogP contribution in [0.3, 0.4) is 0 Å². The van der Waals surface area contributed by atoms with Crippen LogP contribution in [0.4, 0.5) is 0 Å². The van der Waals surface area contributed by atoms with E-state index in [0.717, 1.165) is 23.4 Å². The van der Waals surface area contributed by atoms with Crippen molar-refractivity contribution in [3.05, 3.63) is 0 Å². The molecule has 24 heavy (non-hydrogen) atoms. The second-order valence-electron chi connectivity index (χ2n) is 9.18. The Morgan fingerprint density at radius 2 is 2.04 bits per heavy atom. The second-order valence-corrected chi connectivity index (χ2v) is 15.2. The summed E-state index contributed by atoms with van der Waals surface area (Å²) in [7, 11) is -1.73. The van der Waals surface area contributed by atoms with Crippen LogP contribution in [0, 0.1) is 11.8 Å². The molecule has 3 aliphatic rings. The summed E-state index contributed by atoms with van der Waals surface area (Å²) in [4.78, 5) is 16.4. The van der Waals surface area contributed by atoms with Crippen molar-refractivity contribution in [1.82, 2.24) is 5.32 Å². The van der Waals surface area contributed by atoms with Crippen molar-refractivity contribution in [2.45, 2.75) is 82.3 Å². The van der Waals surface area contributed by atoms with Crippen LogP contribution in [0.15, 0.2) is 4.99 Å². The van der Waals surface area contributed by atoms with Gasteiger partial charge in [0.15, 0.2) is 13.5 Å². The van der Waals surface area contributed by atoms with E-state index in [4.69, 9.17) is 4.43 Å². The minimum atomic E-state index is -1.73. The van der Waals surface area contributed by atoms with E-state index in [1.165, 1.54) is 25.7 Å². The summed E-state index contributed by atoms with van der Waals surface area (Å²) in [6, 6.07) is 0.546. The number of amidine groups is 1. The maximum atomic E-state index is 12.2. The van der Waals surface area contributed by atoms with Crippen LogP contribution in [0.25, 0.3) is 0 Å². The molecule has 4 nitrogen and oxygen atoms in total. The van der Waals surface area contributed by atoms with Gasteiger partial charge in [-0.05, 0) is 55.7 Å². The van der Waals surface area contributed by atoms with Crippen molar-refractivity contribution in [3.63, 3.8) is 0 Å². The van der Waals surface area contributed by atoms with E-state index in [-0.39, 0.29) is 16.2 Å². The number of rotatable bonds is 5. The predicted octanol–water partition coefficient (Wildman–Crippen LogP) is 4.17. The first-order valence-corrected chi connectivity index (χ1v) is 13.1. The minimum Gasteiger partial charge on any atom is -0.417 e. The molecule has 0 saturated heterocycles. The van der Waals surface area contributed by atoms with Gasteiger partial charge in [0.1, 0.15) is 0 Å². The topological polar surface area (TPSA) is 50.7 Å². The first-order chi connectivity index (χ1) is 11.2. The van der Waals surface area contributed by atoms with Crippen LogP contribution in [0.1, 0.15) is 52.9 Å². The number of nitrogens with zero attached hydrogens (tertiary/aromatic N) is 1. The average molecular weight is 369 g/mol. The van der Waals surface area contributed by atoms with Crippen LogP contribution in [-0.2, 0) is 9.22 Å². The Hall–Kier alpha value is -0.333. The molecule has 3 unspecified atom stereocenters. The fourth-order valence-electron chi connectivity index (χ4n) is 3.85. The third kappa shape index (κ3) is 3.91. The molecule has 0 aromatic carbocycles.